The van der Waals surface area contributed by atoms with E-state index in [0.29, 0.717) is 5.92 Å². The van der Waals surface area contributed by atoms with Gasteiger partial charge in [-0.25, -0.2) is 0 Å². The first kappa shape index (κ1) is 7.07. The number of aliphatic hydroxyl groups is 1. The van der Waals surface area contributed by atoms with Crippen LogP contribution in [0.2, 0.25) is 0 Å². The summed E-state index contributed by atoms with van der Waals surface area (Å²) >= 11 is 0. The lowest BCUT2D eigenvalue weighted by Gasteiger charge is -2.11. The lowest BCUT2D eigenvalue weighted by molar-refractivity contribution is 0.127. The molecule has 0 spiro atoms. The molecule has 0 bridgehead atoms. The molecular weight excluding hydrogens is 112 g/mol. The Hall–Kier alpha value is -0.0400. The van der Waals surface area contributed by atoms with Crippen molar-refractivity contribution in [2.45, 2.75) is 45.1 Å². The van der Waals surface area contributed by atoms with Gasteiger partial charge in [0.25, 0.3) is 0 Å². The van der Waals surface area contributed by atoms with Crippen molar-refractivity contribution in [3.63, 3.8) is 0 Å². The van der Waals surface area contributed by atoms with Crippen molar-refractivity contribution >= 4 is 0 Å². The third kappa shape index (κ3) is 1.68. The summed E-state index contributed by atoms with van der Waals surface area (Å²) in [5.41, 5.74) is 0. The molecule has 0 aromatic heterocycles. The Morgan fingerprint density at radius 2 is 2.22 bits per heavy atom. The standard InChI is InChI=1S/C8H16O/c1-2-4-7-5-3-6-8(7)9/h7-9H,2-6H2,1H3/t7-,8-/m0/s1. The van der Waals surface area contributed by atoms with E-state index in [1.165, 1.54) is 25.7 Å². The van der Waals surface area contributed by atoms with Gasteiger partial charge >= 0.3 is 0 Å². The van der Waals surface area contributed by atoms with E-state index in [1.54, 1.807) is 0 Å². The number of hydrogen-bond donors (Lipinski definition) is 1. The maximum atomic E-state index is 9.32. The summed E-state index contributed by atoms with van der Waals surface area (Å²) in [6.07, 6.45) is 6.03. The molecule has 1 fully saturated rings. The van der Waals surface area contributed by atoms with E-state index in [-0.39, 0.29) is 6.10 Å². The summed E-state index contributed by atoms with van der Waals surface area (Å²) in [5.74, 6) is 0.634. The van der Waals surface area contributed by atoms with Gasteiger partial charge in [0.2, 0.25) is 0 Å². The fourth-order valence-corrected chi connectivity index (χ4v) is 1.72. The SMILES string of the molecule is CCC[C@H]1CCC[C@@H]1O. The molecule has 0 aliphatic heterocycles. The zero-order chi connectivity index (χ0) is 6.69. The van der Waals surface area contributed by atoms with Crippen molar-refractivity contribution in [2.24, 2.45) is 5.92 Å². The Labute approximate surface area is 57.1 Å². The van der Waals surface area contributed by atoms with Crippen molar-refractivity contribution in [1.82, 2.24) is 0 Å². The first-order valence-corrected chi connectivity index (χ1v) is 4.02. The van der Waals surface area contributed by atoms with Gasteiger partial charge in [0, 0.05) is 0 Å². The van der Waals surface area contributed by atoms with Gasteiger partial charge in [0.15, 0.2) is 0 Å². The van der Waals surface area contributed by atoms with Crippen LogP contribution < -0.4 is 0 Å². The number of hydrogen-bond acceptors (Lipinski definition) is 1. The second-order valence-corrected chi connectivity index (χ2v) is 3.05. The first-order chi connectivity index (χ1) is 4.34. The molecule has 0 aromatic carbocycles. The van der Waals surface area contributed by atoms with Gasteiger partial charge < -0.3 is 5.11 Å². The second-order valence-electron chi connectivity index (χ2n) is 3.05. The molecule has 1 aliphatic carbocycles. The molecule has 0 unspecified atom stereocenters. The minimum absolute atomic E-state index is 0.0324. The summed E-state index contributed by atoms with van der Waals surface area (Å²) in [7, 11) is 0. The molecule has 54 valence electrons. The van der Waals surface area contributed by atoms with Crippen LogP contribution in [0.25, 0.3) is 0 Å². The molecule has 1 nitrogen and oxygen atoms in total. The maximum absolute atomic E-state index is 9.32. The molecular formula is C8H16O. The van der Waals surface area contributed by atoms with Crippen molar-refractivity contribution in [1.29, 1.82) is 0 Å². The monoisotopic (exact) mass is 128 g/mol. The zero-order valence-electron chi connectivity index (χ0n) is 6.14. The lowest BCUT2D eigenvalue weighted by atomic mass is 10.0. The van der Waals surface area contributed by atoms with E-state index in [4.69, 9.17) is 0 Å². The van der Waals surface area contributed by atoms with Gasteiger partial charge in [-0.3, -0.25) is 0 Å². The van der Waals surface area contributed by atoms with Crippen molar-refractivity contribution < 1.29 is 5.11 Å². The van der Waals surface area contributed by atoms with E-state index in [1.807, 2.05) is 0 Å². The molecule has 2 atom stereocenters. The number of rotatable bonds is 2. The molecule has 0 aromatic rings. The quantitative estimate of drug-likeness (QED) is 0.602. The fourth-order valence-electron chi connectivity index (χ4n) is 1.72. The Bertz CT molecular complexity index is 80.6. The topological polar surface area (TPSA) is 20.2 Å². The molecule has 1 saturated carbocycles. The summed E-state index contributed by atoms with van der Waals surface area (Å²) in [6.45, 7) is 2.19. The van der Waals surface area contributed by atoms with Crippen LogP contribution in [0.3, 0.4) is 0 Å². The van der Waals surface area contributed by atoms with Gasteiger partial charge in [0.05, 0.1) is 6.10 Å². The van der Waals surface area contributed by atoms with Crippen LogP contribution in [0.15, 0.2) is 0 Å². The molecule has 1 heteroatoms. The highest BCUT2D eigenvalue weighted by molar-refractivity contribution is 4.75. The van der Waals surface area contributed by atoms with E-state index < -0.39 is 0 Å². The highest BCUT2D eigenvalue weighted by Crippen LogP contribution is 2.28. The Morgan fingerprint density at radius 1 is 1.44 bits per heavy atom. The molecule has 0 radical (unpaired) electrons. The van der Waals surface area contributed by atoms with Gasteiger partial charge in [-0.2, -0.15) is 0 Å². The predicted molar refractivity (Wildman–Crippen MR) is 38.3 cm³/mol. The van der Waals surface area contributed by atoms with E-state index in [9.17, 15) is 5.11 Å². The highest BCUT2D eigenvalue weighted by Gasteiger charge is 2.23. The third-order valence-electron chi connectivity index (χ3n) is 2.28. The van der Waals surface area contributed by atoms with Crippen LogP contribution in [0.4, 0.5) is 0 Å². The molecule has 1 N–H and O–H groups in total. The van der Waals surface area contributed by atoms with Crippen molar-refractivity contribution in [3.8, 4) is 0 Å². The van der Waals surface area contributed by atoms with Crippen molar-refractivity contribution in [2.75, 3.05) is 0 Å². The normalized spacial score (nSPS) is 35.3. The van der Waals surface area contributed by atoms with Crippen LogP contribution >= 0.6 is 0 Å². The summed E-state index contributed by atoms with van der Waals surface area (Å²) < 4.78 is 0. The summed E-state index contributed by atoms with van der Waals surface area (Å²) in [5, 5.41) is 9.32. The molecule has 0 heterocycles. The van der Waals surface area contributed by atoms with E-state index in [2.05, 4.69) is 6.92 Å². The van der Waals surface area contributed by atoms with E-state index >= 15 is 0 Å². The van der Waals surface area contributed by atoms with Crippen LogP contribution in [0.5, 0.6) is 0 Å². The van der Waals surface area contributed by atoms with Crippen LogP contribution in [0, 0.1) is 5.92 Å². The highest BCUT2D eigenvalue weighted by atomic mass is 16.3. The average molecular weight is 128 g/mol. The largest absolute Gasteiger partial charge is 0.393 e. The Balaban J connectivity index is 2.22. The first-order valence-electron chi connectivity index (χ1n) is 4.02. The molecule has 9 heavy (non-hydrogen) atoms. The van der Waals surface area contributed by atoms with Crippen LogP contribution in [-0.2, 0) is 0 Å². The minimum Gasteiger partial charge on any atom is -0.393 e. The Kier molecular flexibility index (Phi) is 2.52. The fraction of sp³-hybridized carbons (Fsp3) is 1.00. The van der Waals surface area contributed by atoms with Crippen LogP contribution in [-0.4, -0.2) is 11.2 Å². The predicted octanol–water partition coefficient (Wildman–Crippen LogP) is 1.95. The second kappa shape index (κ2) is 3.21. The van der Waals surface area contributed by atoms with Gasteiger partial charge in [-0.15, -0.1) is 0 Å². The Morgan fingerprint density at radius 3 is 2.67 bits per heavy atom. The molecule has 0 amide bonds. The van der Waals surface area contributed by atoms with Crippen LogP contribution in [0.1, 0.15) is 39.0 Å². The molecule has 0 saturated heterocycles. The van der Waals surface area contributed by atoms with Gasteiger partial charge in [-0.1, -0.05) is 19.8 Å². The van der Waals surface area contributed by atoms with E-state index in [0.717, 1.165) is 6.42 Å². The number of aliphatic hydroxyl groups excluding tert-OH is 1. The van der Waals surface area contributed by atoms with Crippen molar-refractivity contribution in [3.05, 3.63) is 0 Å². The summed E-state index contributed by atoms with van der Waals surface area (Å²) in [4.78, 5) is 0. The average Bonchev–Trinajstić information content (AvgIpc) is 2.18. The maximum Gasteiger partial charge on any atom is 0.0568 e. The minimum atomic E-state index is 0.0324. The van der Waals surface area contributed by atoms with Gasteiger partial charge in [0.1, 0.15) is 0 Å². The van der Waals surface area contributed by atoms with Gasteiger partial charge in [-0.05, 0) is 25.2 Å². The third-order valence-corrected chi connectivity index (χ3v) is 2.28. The smallest absolute Gasteiger partial charge is 0.0568 e. The molecule has 1 rings (SSSR count). The lowest BCUT2D eigenvalue weighted by Crippen LogP contribution is -2.11. The zero-order valence-corrected chi connectivity index (χ0v) is 6.14. The summed E-state index contributed by atoms with van der Waals surface area (Å²) in [6, 6.07) is 0. The molecule has 1 aliphatic rings.